The molecule has 1 aromatic heterocycles. The molecule has 0 radical (unpaired) electrons. The van der Waals surface area contributed by atoms with Crippen LogP contribution in [0.25, 0.3) is 0 Å². The fourth-order valence-corrected chi connectivity index (χ4v) is 0.818. The van der Waals surface area contributed by atoms with Crippen molar-refractivity contribution in [3.8, 4) is 6.07 Å². The summed E-state index contributed by atoms with van der Waals surface area (Å²) in [6, 6.07) is 4.93. The minimum atomic E-state index is -0.591. The molecule has 0 aliphatic carbocycles. The van der Waals surface area contributed by atoms with E-state index in [1.54, 1.807) is 6.07 Å². The maximum Gasteiger partial charge on any atom is 0.367 e. The average Bonchev–Trinajstić information content (AvgIpc) is 2.05. The molecule has 0 saturated carbocycles. The van der Waals surface area contributed by atoms with Crippen LogP contribution in [-0.2, 0) is 6.42 Å². The molecule has 0 unspecified atom stereocenters. The Morgan fingerprint density at radius 1 is 1.75 bits per heavy atom. The van der Waals surface area contributed by atoms with Gasteiger partial charge in [0.1, 0.15) is 6.20 Å². The van der Waals surface area contributed by atoms with Gasteiger partial charge in [0.15, 0.2) is 0 Å². The maximum absolute atomic E-state index is 10.3. The molecule has 5 heteroatoms. The average molecular weight is 163 g/mol. The molecule has 0 amide bonds. The molecule has 60 valence electrons. The third-order valence-corrected chi connectivity index (χ3v) is 1.31. The normalized spacial score (nSPS) is 8.92. The molecule has 1 aromatic rings. The van der Waals surface area contributed by atoms with E-state index >= 15 is 0 Å². The van der Waals surface area contributed by atoms with Gasteiger partial charge in [-0.25, -0.2) is 0 Å². The van der Waals surface area contributed by atoms with Crippen LogP contribution in [0.5, 0.6) is 0 Å². The van der Waals surface area contributed by atoms with Crippen LogP contribution in [0.15, 0.2) is 18.3 Å². The Kier molecular flexibility index (Phi) is 2.33. The van der Waals surface area contributed by atoms with Crippen LogP contribution in [0.4, 0.5) is 5.82 Å². The van der Waals surface area contributed by atoms with Crippen molar-refractivity contribution in [2.45, 2.75) is 6.42 Å². The number of pyridine rings is 1. The first-order chi connectivity index (χ1) is 5.75. The summed E-state index contributed by atoms with van der Waals surface area (Å²) in [5.41, 5.74) is 0.352. The predicted octanol–water partition coefficient (Wildman–Crippen LogP) is 1.06. The molecule has 0 saturated heterocycles. The summed E-state index contributed by atoms with van der Waals surface area (Å²) < 4.78 is 0. The van der Waals surface area contributed by atoms with Gasteiger partial charge in [-0.05, 0) is 22.0 Å². The van der Waals surface area contributed by atoms with Gasteiger partial charge >= 0.3 is 5.82 Å². The Morgan fingerprint density at radius 3 is 3.08 bits per heavy atom. The lowest BCUT2D eigenvalue weighted by atomic mass is 10.2. The van der Waals surface area contributed by atoms with E-state index in [1.165, 1.54) is 12.3 Å². The summed E-state index contributed by atoms with van der Waals surface area (Å²) in [6.45, 7) is 0. The number of aromatic nitrogens is 1. The van der Waals surface area contributed by atoms with Gasteiger partial charge < -0.3 is 10.1 Å². The molecule has 0 aliphatic rings. The zero-order chi connectivity index (χ0) is 8.97. The fraction of sp³-hybridized carbons (Fsp3) is 0.143. The highest BCUT2D eigenvalue weighted by atomic mass is 16.6. The van der Waals surface area contributed by atoms with Gasteiger partial charge in [0, 0.05) is 0 Å². The van der Waals surface area contributed by atoms with Gasteiger partial charge in [0.25, 0.3) is 0 Å². The van der Waals surface area contributed by atoms with E-state index in [0.717, 1.165) is 0 Å². The van der Waals surface area contributed by atoms with E-state index in [4.69, 9.17) is 5.26 Å². The van der Waals surface area contributed by atoms with E-state index in [9.17, 15) is 10.1 Å². The fourth-order valence-electron chi connectivity index (χ4n) is 0.818. The summed E-state index contributed by atoms with van der Waals surface area (Å²) in [7, 11) is 0. The first kappa shape index (κ1) is 8.14. The molecule has 0 atom stereocenters. The molecule has 0 aliphatic heterocycles. The third kappa shape index (κ3) is 1.55. The zero-order valence-corrected chi connectivity index (χ0v) is 6.10. The highest BCUT2D eigenvalue weighted by Crippen LogP contribution is 2.13. The van der Waals surface area contributed by atoms with Gasteiger partial charge in [-0.15, -0.1) is 0 Å². The molecule has 0 bridgehead atoms. The van der Waals surface area contributed by atoms with E-state index < -0.39 is 4.92 Å². The van der Waals surface area contributed by atoms with Crippen molar-refractivity contribution < 1.29 is 4.92 Å². The van der Waals surface area contributed by atoms with Crippen LogP contribution in [0.2, 0.25) is 0 Å². The highest BCUT2D eigenvalue weighted by molar-refractivity contribution is 5.33. The Morgan fingerprint density at radius 2 is 2.50 bits per heavy atom. The summed E-state index contributed by atoms with van der Waals surface area (Å²) in [5, 5.41) is 18.7. The summed E-state index contributed by atoms with van der Waals surface area (Å²) >= 11 is 0. The monoisotopic (exact) mass is 163 g/mol. The second-order valence-corrected chi connectivity index (χ2v) is 2.08. The molecular formula is C7H5N3O2. The first-order valence-corrected chi connectivity index (χ1v) is 3.21. The Hall–Kier alpha value is -1.96. The quantitative estimate of drug-likeness (QED) is 0.482. The lowest BCUT2D eigenvalue weighted by Crippen LogP contribution is -1.96. The maximum atomic E-state index is 10.3. The number of nitriles is 1. The van der Waals surface area contributed by atoms with Crippen molar-refractivity contribution in [3.05, 3.63) is 34.0 Å². The molecule has 1 heterocycles. The zero-order valence-electron chi connectivity index (χ0n) is 6.10. The van der Waals surface area contributed by atoms with Crippen molar-refractivity contribution in [3.63, 3.8) is 0 Å². The van der Waals surface area contributed by atoms with E-state index in [0.29, 0.717) is 5.56 Å². The highest BCUT2D eigenvalue weighted by Gasteiger charge is 2.12. The van der Waals surface area contributed by atoms with Crippen molar-refractivity contribution in [2.75, 3.05) is 0 Å². The Bertz CT molecular complexity index is 343. The summed E-state index contributed by atoms with van der Waals surface area (Å²) in [4.78, 5) is 13.3. The number of nitro groups is 1. The van der Waals surface area contributed by atoms with Gasteiger partial charge in [0.2, 0.25) is 0 Å². The topological polar surface area (TPSA) is 79.8 Å². The number of hydrogen-bond acceptors (Lipinski definition) is 4. The van der Waals surface area contributed by atoms with E-state index in [2.05, 4.69) is 4.98 Å². The summed E-state index contributed by atoms with van der Waals surface area (Å²) in [5.74, 6) is -0.237. The predicted molar refractivity (Wildman–Crippen MR) is 40.2 cm³/mol. The van der Waals surface area contributed by atoms with Crippen LogP contribution < -0.4 is 0 Å². The van der Waals surface area contributed by atoms with Crippen LogP contribution in [0.3, 0.4) is 0 Å². The minimum absolute atomic E-state index is 0.0180. The second kappa shape index (κ2) is 3.44. The Balaban J connectivity index is 3.10. The van der Waals surface area contributed by atoms with E-state index in [1.807, 2.05) is 6.07 Å². The molecule has 5 nitrogen and oxygen atoms in total. The van der Waals surface area contributed by atoms with Crippen LogP contribution in [0, 0.1) is 21.4 Å². The summed E-state index contributed by atoms with van der Waals surface area (Å²) in [6.07, 6.45) is 1.35. The molecule has 0 fully saturated rings. The van der Waals surface area contributed by atoms with Crippen LogP contribution in [-0.4, -0.2) is 9.91 Å². The standard InChI is InChI=1S/C7H5N3O2/c8-4-3-6-2-1-5-9-7(6)10(11)12/h1-2,5H,3H2. The van der Waals surface area contributed by atoms with Crippen molar-refractivity contribution >= 4 is 5.82 Å². The molecular weight excluding hydrogens is 158 g/mol. The minimum Gasteiger partial charge on any atom is -0.358 e. The third-order valence-electron chi connectivity index (χ3n) is 1.31. The largest absolute Gasteiger partial charge is 0.367 e. The smallest absolute Gasteiger partial charge is 0.358 e. The number of hydrogen-bond donors (Lipinski definition) is 0. The van der Waals surface area contributed by atoms with Crippen molar-refractivity contribution in [1.82, 2.24) is 4.98 Å². The van der Waals surface area contributed by atoms with Gasteiger partial charge in [0.05, 0.1) is 18.1 Å². The molecule has 0 spiro atoms. The number of rotatable bonds is 2. The van der Waals surface area contributed by atoms with Crippen molar-refractivity contribution in [2.24, 2.45) is 0 Å². The Labute approximate surface area is 68.4 Å². The molecule has 0 N–H and O–H groups in total. The SMILES string of the molecule is N#CCc1cccnc1[N+](=O)[O-]. The molecule has 0 aromatic carbocycles. The first-order valence-electron chi connectivity index (χ1n) is 3.21. The second-order valence-electron chi connectivity index (χ2n) is 2.08. The molecule has 1 rings (SSSR count). The van der Waals surface area contributed by atoms with Crippen LogP contribution >= 0.6 is 0 Å². The van der Waals surface area contributed by atoms with Gasteiger partial charge in [-0.2, -0.15) is 5.26 Å². The van der Waals surface area contributed by atoms with Gasteiger partial charge in [-0.1, -0.05) is 0 Å². The van der Waals surface area contributed by atoms with Gasteiger partial charge in [-0.3, -0.25) is 0 Å². The molecule has 12 heavy (non-hydrogen) atoms. The van der Waals surface area contributed by atoms with E-state index in [-0.39, 0.29) is 12.2 Å². The lowest BCUT2D eigenvalue weighted by Gasteiger charge is -1.95. The lowest BCUT2D eigenvalue weighted by molar-refractivity contribution is -0.390. The number of nitrogens with zero attached hydrogens (tertiary/aromatic N) is 3. The van der Waals surface area contributed by atoms with Crippen LogP contribution in [0.1, 0.15) is 5.56 Å². The van der Waals surface area contributed by atoms with Crippen molar-refractivity contribution in [1.29, 1.82) is 5.26 Å².